The SMILES string of the molecule is CNC(=O)OCc1ccc(NC(=O)[C@H](CCCNC(N)=O)CC(=O)[C@@H](NC(C)=O)C(C)C)cc1OCC(=O)CCCCCC(=O)CCC1C(=O)CC(C)C1=O. The van der Waals surface area contributed by atoms with Gasteiger partial charge in [0, 0.05) is 81.8 Å². The molecule has 16 nitrogen and oxygen atoms in total. The van der Waals surface area contributed by atoms with Crippen LogP contribution in [0.15, 0.2) is 18.2 Å². The maximum atomic E-state index is 13.6. The predicted molar refractivity (Wildman–Crippen MR) is 202 cm³/mol. The van der Waals surface area contributed by atoms with Crippen molar-refractivity contribution in [2.24, 2.45) is 29.4 Å². The van der Waals surface area contributed by atoms with Gasteiger partial charge < -0.3 is 36.5 Å². The molecule has 1 aromatic carbocycles. The number of ether oxygens (including phenoxy) is 2. The number of hydrogen-bond donors (Lipinski definition) is 5. The Labute approximate surface area is 322 Å². The van der Waals surface area contributed by atoms with E-state index in [9.17, 15) is 43.2 Å². The fourth-order valence-corrected chi connectivity index (χ4v) is 6.27. The quantitative estimate of drug-likeness (QED) is 0.0708. The molecule has 304 valence electrons. The Bertz CT molecular complexity index is 1560. The summed E-state index contributed by atoms with van der Waals surface area (Å²) in [5.41, 5.74) is 5.86. The predicted octanol–water partition coefficient (Wildman–Crippen LogP) is 3.71. The maximum absolute atomic E-state index is 13.6. The Hall–Kier alpha value is -5.15. The number of carbonyl (C=O) groups is 9. The van der Waals surface area contributed by atoms with E-state index >= 15 is 0 Å². The molecule has 1 aliphatic rings. The smallest absolute Gasteiger partial charge is 0.407 e. The molecule has 0 heterocycles. The van der Waals surface area contributed by atoms with Crippen molar-refractivity contribution in [3.05, 3.63) is 23.8 Å². The van der Waals surface area contributed by atoms with Crippen molar-refractivity contribution in [3.63, 3.8) is 0 Å². The Kier molecular flexibility index (Phi) is 19.7. The van der Waals surface area contributed by atoms with E-state index in [1.165, 1.54) is 20.0 Å². The Morgan fingerprint density at radius 1 is 0.945 bits per heavy atom. The number of hydrogen-bond acceptors (Lipinski definition) is 11. The number of Topliss-reactive ketones (excluding diaryl/α,β-unsaturated/α-hetero) is 5. The first kappa shape index (κ1) is 46.0. The van der Waals surface area contributed by atoms with Gasteiger partial charge in [-0.1, -0.05) is 27.2 Å². The molecule has 1 aromatic rings. The van der Waals surface area contributed by atoms with Gasteiger partial charge in [-0.05, 0) is 50.2 Å². The van der Waals surface area contributed by atoms with Crippen LogP contribution in [0.1, 0.15) is 104 Å². The highest BCUT2D eigenvalue weighted by Gasteiger charge is 2.38. The standard InChI is InChI=1S/C39H57N5O11/c1-23(2)35(43-25(4)45)33(49)19-26(10-9-17-42-38(40)52)37(51)44-28-14-13-27(21-55-39(53)41-5)34(20-28)54-22-30(47)12-8-6-7-11-29(46)15-16-31-32(48)18-24(3)36(31)50/h13-14,20,23-24,26,31,35H,6-12,15-19,21-22H2,1-5H3,(H,41,53)(H,43,45)(H,44,51)(H3,40,42,52)/t24?,26-,31?,35+/m1/s1. The lowest BCUT2D eigenvalue weighted by atomic mass is 9.89. The van der Waals surface area contributed by atoms with Crippen LogP contribution in [-0.2, 0) is 44.9 Å². The molecule has 5 amide bonds. The summed E-state index contributed by atoms with van der Waals surface area (Å²) in [5.74, 6) is -3.43. The topological polar surface area (TPSA) is 246 Å². The van der Waals surface area contributed by atoms with E-state index < -0.39 is 35.9 Å². The number of nitrogens with two attached hydrogens (primary N) is 1. The van der Waals surface area contributed by atoms with Crippen molar-refractivity contribution in [3.8, 4) is 5.75 Å². The van der Waals surface area contributed by atoms with Crippen molar-refractivity contribution >= 4 is 58.5 Å². The number of alkyl carbamates (subject to hydrolysis) is 1. The third kappa shape index (κ3) is 16.8. The van der Waals surface area contributed by atoms with Crippen LogP contribution in [0.2, 0.25) is 0 Å². The molecule has 1 fully saturated rings. The van der Waals surface area contributed by atoms with Crippen LogP contribution in [-0.4, -0.2) is 79.1 Å². The molecule has 1 aliphatic carbocycles. The van der Waals surface area contributed by atoms with Gasteiger partial charge >= 0.3 is 12.1 Å². The molecule has 4 atom stereocenters. The van der Waals surface area contributed by atoms with Crippen molar-refractivity contribution in [2.45, 2.75) is 111 Å². The number of benzene rings is 1. The molecule has 0 radical (unpaired) electrons. The number of amides is 5. The summed E-state index contributed by atoms with van der Waals surface area (Å²) >= 11 is 0. The lowest BCUT2D eigenvalue weighted by molar-refractivity contribution is -0.130. The second kappa shape index (κ2) is 23.6. The minimum atomic E-state index is -0.834. The number of anilines is 1. The number of rotatable bonds is 25. The summed E-state index contributed by atoms with van der Waals surface area (Å²) in [6.45, 7) is 6.28. The lowest BCUT2D eigenvalue weighted by Gasteiger charge is -2.23. The summed E-state index contributed by atoms with van der Waals surface area (Å²) in [6, 6.07) is 3.09. The largest absolute Gasteiger partial charge is 0.485 e. The molecule has 55 heavy (non-hydrogen) atoms. The van der Waals surface area contributed by atoms with Crippen LogP contribution in [0.3, 0.4) is 0 Å². The summed E-state index contributed by atoms with van der Waals surface area (Å²) in [7, 11) is 1.40. The molecule has 2 unspecified atom stereocenters. The highest BCUT2D eigenvalue weighted by molar-refractivity contribution is 6.10. The van der Waals surface area contributed by atoms with Gasteiger partial charge in [0.15, 0.2) is 11.6 Å². The summed E-state index contributed by atoms with van der Waals surface area (Å²) in [4.78, 5) is 111. The first-order chi connectivity index (χ1) is 26.0. The van der Waals surface area contributed by atoms with Gasteiger partial charge in [0.1, 0.15) is 36.3 Å². The average molecular weight is 772 g/mol. The Morgan fingerprint density at radius 3 is 2.24 bits per heavy atom. The maximum Gasteiger partial charge on any atom is 0.407 e. The fraction of sp³-hybridized carbons (Fsp3) is 0.615. The molecule has 16 heteroatoms. The molecule has 0 bridgehead atoms. The van der Waals surface area contributed by atoms with Crippen molar-refractivity contribution in [1.82, 2.24) is 16.0 Å². The van der Waals surface area contributed by atoms with Crippen LogP contribution >= 0.6 is 0 Å². The number of carbonyl (C=O) groups excluding carboxylic acids is 9. The van der Waals surface area contributed by atoms with Crippen molar-refractivity contribution in [2.75, 3.05) is 25.5 Å². The minimum Gasteiger partial charge on any atom is -0.485 e. The number of ketones is 5. The van der Waals surface area contributed by atoms with Crippen LogP contribution in [0.5, 0.6) is 5.75 Å². The van der Waals surface area contributed by atoms with E-state index in [-0.39, 0.29) is 116 Å². The van der Waals surface area contributed by atoms with E-state index in [0.29, 0.717) is 37.7 Å². The van der Waals surface area contributed by atoms with E-state index in [1.807, 2.05) is 0 Å². The van der Waals surface area contributed by atoms with E-state index in [0.717, 1.165) is 0 Å². The zero-order valence-corrected chi connectivity index (χ0v) is 32.6. The summed E-state index contributed by atoms with van der Waals surface area (Å²) in [5, 5.41) is 10.2. The molecule has 0 saturated heterocycles. The molecular weight excluding hydrogens is 714 g/mol. The molecule has 1 saturated carbocycles. The first-order valence-electron chi connectivity index (χ1n) is 18.9. The fourth-order valence-electron chi connectivity index (χ4n) is 6.27. The van der Waals surface area contributed by atoms with E-state index in [2.05, 4.69) is 21.3 Å². The van der Waals surface area contributed by atoms with Gasteiger partial charge in [-0.3, -0.25) is 33.6 Å². The van der Waals surface area contributed by atoms with Gasteiger partial charge in [0.05, 0.1) is 12.0 Å². The molecule has 0 aromatic heterocycles. The minimum absolute atomic E-state index is 0.0176. The van der Waals surface area contributed by atoms with Gasteiger partial charge in [-0.2, -0.15) is 0 Å². The second-order valence-corrected chi connectivity index (χ2v) is 14.4. The Morgan fingerprint density at radius 2 is 1.64 bits per heavy atom. The molecule has 6 N–H and O–H groups in total. The highest BCUT2D eigenvalue weighted by atomic mass is 16.5. The highest BCUT2D eigenvalue weighted by Crippen LogP contribution is 2.28. The summed E-state index contributed by atoms with van der Waals surface area (Å²) < 4.78 is 11.0. The van der Waals surface area contributed by atoms with E-state index in [4.69, 9.17) is 15.2 Å². The summed E-state index contributed by atoms with van der Waals surface area (Å²) in [6.07, 6.45) is 2.56. The monoisotopic (exact) mass is 771 g/mol. The number of nitrogens with one attached hydrogen (secondary N) is 4. The number of unbranched alkanes of at least 4 members (excludes halogenated alkanes) is 2. The average Bonchev–Trinajstić information content (AvgIpc) is 3.37. The third-order valence-corrected chi connectivity index (χ3v) is 9.35. The molecular formula is C39H57N5O11. The van der Waals surface area contributed by atoms with Crippen LogP contribution < -0.4 is 31.7 Å². The molecule has 0 aliphatic heterocycles. The van der Waals surface area contributed by atoms with Crippen molar-refractivity contribution < 1.29 is 52.6 Å². The van der Waals surface area contributed by atoms with Crippen LogP contribution in [0.4, 0.5) is 15.3 Å². The van der Waals surface area contributed by atoms with Gasteiger partial charge in [-0.25, -0.2) is 9.59 Å². The molecule has 0 spiro atoms. The lowest BCUT2D eigenvalue weighted by Crippen LogP contribution is -2.44. The van der Waals surface area contributed by atoms with Crippen LogP contribution in [0.25, 0.3) is 0 Å². The third-order valence-electron chi connectivity index (χ3n) is 9.35. The second-order valence-electron chi connectivity index (χ2n) is 14.4. The van der Waals surface area contributed by atoms with Crippen molar-refractivity contribution in [1.29, 1.82) is 0 Å². The van der Waals surface area contributed by atoms with Gasteiger partial charge in [0.25, 0.3) is 0 Å². The zero-order valence-electron chi connectivity index (χ0n) is 32.6. The molecule has 2 rings (SSSR count). The number of primary amides is 1. The number of urea groups is 1. The first-order valence-corrected chi connectivity index (χ1v) is 18.9. The van der Waals surface area contributed by atoms with Gasteiger partial charge in [0.2, 0.25) is 11.8 Å². The Balaban J connectivity index is 2.03. The normalized spacial score (nSPS) is 16.2. The van der Waals surface area contributed by atoms with Gasteiger partial charge in [-0.15, -0.1) is 0 Å². The van der Waals surface area contributed by atoms with Crippen LogP contribution in [0, 0.1) is 23.7 Å². The zero-order chi connectivity index (χ0) is 41.1. The van der Waals surface area contributed by atoms with E-state index in [1.54, 1.807) is 32.9 Å².